The molecule has 0 radical (unpaired) electrons. The first-order valence-corrected chi connectivity index (χ1v) is 12.9. The summed E-state index contributed by atoms with van der Waals surface area (Å²) in [7, 11) is -3.64. The second-order valence-corrected chi connectivity index (χ2v) is 10.9. The topological polar surface area (TPSA) is 135 Å². The van der Waals surface area contributed by atoms with E-state index in [1.165, 1.54) is 31.2 Å². The maximum absolute atomic E-state index is 14.8. The van der Waals surface area contributed by atoms with Crippen molar-refractivity contribution < 1.29 is 35.5 Å². The summed E-state index contributed by atoms with van der Waals surface area (Å²) in [5.41, 5.74) is -3.44. The van der Waals surface area contributed by atoms with Gasteiger partial charge >= 0.3 is 6.18 Å². The van der Waals surface area contributed by atoms with Crippen LogP contribution in [0.3, 0.4) is 0 Å². The number of carbonyl (C=O) groups is 1. The predicted octanol–water partition coefficient (Wildman–Crippen LogP) is 4.65. The van der Waals surface area contributed by atoms with E-state index in [1.807, 2.05) is 0 Å². The van der Waals surface area contributed by atoms with Crippen molar-refractivity contribution in [3.8, 4) is 17.8 Å². The first kappa shape index (κ1) is 26.9. The average molecular weight is 550 g/mol. The minimum absolute atomic E-state index is 0.0235. The lowest BCUT2D eigenvalue weighted by molar-refractivity contribution is -0.142. The molecule has 0 unspecified atom stereocenters. The molecule has 1 aromatic carbocycles. The van der Waals surface area contributed by atoms with Gasteiger partial charge in [0.05, 0.1) is 16.4 Å². The number of rotatable bonds is 6. The molecule has 9 nitrogen and oxygen atoms in total. The number of nitriles is 1. The largest absolute Gasteiger partial charge is 0.435 e. The molecule has 2 heterocycles. The van der Waals surface area contributed by atoms with Gasteiger partial charge in [-0.3, -0.25) is 4.79 Å². The fourth-order valence-corrected chi connectivity index (χ4v) is 4.44. The Hall–Kier alpha value is -4.12. The van der Waals surface area contributed by atoms with Crippen LogP contribution in [0.15, 0.2) is 35.2 Å². The summed E-state index contributed by atoms with van der Waals surface area (Å²) in [4.78, 5) is 16.8. The van der Waals surface area contributed by atoms with E-state index < -0.39 is 56.0 Å². The molecule has 0 spiro atoms. The monoisotopic (exact) mass is 549 g/mol. The van der Waals surface area contributed by atoms with Crippen molar-refractivity contribution in [3.63, 3.8) is 0 Å². The van der Waals surface area contributed by atoms with E-state index in [-0.39, 0.29) is 27.6 Å². The average Bonchev–Trinajstić information content (AvgIpc) is 3.61. The van der Waals surface area contributed by atoms with E-state index in [2.05, 4.69) is 26.6 Å². The van der Waals surface area contributed by atoms with Crippen LogP contribution in [0.25, 0.3) is 0 Å². The molecule has 1 saturated carbocycles. The van der Waals surface area contributed by atoms with Gasteiger partial charge in [0.2, 0.25) is 11.8 Å². The molecule has 0 aliphatic heterocycles. The number of ether oxygens (including phenoxy) is 1. The summed E-state index contributed by atoms with van der Waals surface area (Å²) in [6.07, 6.45) is -3.10. The number of pyridine rings is 1. The van der Waals surface area contributed by atoms with Crippen molar-refractivity contribution in [2.24, 2.45) is 0 Å². The van der Waals surface area contributed by atoms with Crippen LogP contribution in [0.2, 0.25) is 0 Å². The van der Waals surface area contributed by atoms with Gasteiger partial charge < -0.3 is 10.1 Å². The minimum Gasteiger partial charge on any atom is -0.418 e. The number of anilines is 1. The molecular weight excluding hydrogens is 530 g/mol. The molecule has 1 fully saturated rings. The molecule has 0 bridgehead atoms. The highest BCUT2D eigenvalue weighted by atomic mass is 32.2. The lowest BCUT2D eigenvalue weighted by Gasteiger charge is -2.17. The zero-order valence-corrected chi connectivity index (χ0v) is 21.0. The van der Waals surface area contributed by atoms with E-state index in [0.717, 1.165) is 19.2 Å². The Labute approximate surface area is 214 Å². The molecule has 2 aromatic heterocycles. The van der Waals surface area contributed by atoms with Crippen molar-refractivity contribution in [2.45, 2.75) is 43.2 Å². The molecule has 1 aliphatic rings. The highest BCUT2D eigenvalue weighted by Gasteiger charge is 2.47. The van der Waals surface area contributed by atoms with Gasteiger partial charge in [0.1, 0.15) is 5.56 Å². The molecule has 4 rings (SSSR count). The van der Waals surface area contributed by atoms with Crippen LogP contribution in [0.5, 0.6) is 11.8 Å². The van der Waals surface area contributed by atoms with E-state index in [0.29, 0.717) is 12.8 Å². The molecule has 0 saturated heterocycles. The number of aryl methyl sites for hydroxylation is 1. The minimum atomic E-state index is -4.96. The van der Waals surface area contributed by atoms with E-state index in [4.69, 9.17) is 4.74 Å². The van der Waals surface area contributed by atoms with Gasteiger partial charge in [-0.1, -0.05) is 6.07 Å². The van der Waals surface area contributed by atoms with Gasteiger partial charge in [0.15, 0.2) is 15.5 Å². The quantitative estimate of drug-likeness (QED) is 0.347. The number of amides is 1. The number of nitrogens with one attached hydrogen (secondary N) is 1. The van der Waals surface area contributed by atoms with Crippen molar-refractivity contribution >= 4 is 21.4 Å². The summed E-state index contributed by atoms with van der Waals surface area (Å²) in [6.45, 7) is 2.47. The Morgan fingerprint density at radius 3 is 2.42 bits per heavy atom. The van der Waals surface area contributed by atoms with Crippen LogP contribution in [0.1, 0.15) is 45.6 Å². The summed E-state index contributed by atoms with van der Waals surface area (Å²) in [5, 5.41) is 18.3. The number of carbonyl (C=O) groups excluding carboxylic acids is 1. The SMILES string of the molecule is Cc1cc(C2(C#N)CC2)c(F)nc1Oc1nnc(C(F)(F)F)c(C)c1C(=O)Nc1cccc(S(C)(=O)=O)c1. The molecule has 198 valence electrons. The molecule has 14 heteroatoms. The lowest BCUT2D eigenvalue weighted by Crippen LogP contribution is -2.21. The highest BCUT2D eigenvalue weighted by Crippen LogP contribution is 2.49. The van der Waals surface area contributed by atoms with Crippen LogP contribution >= 0.6 is 0 Å². The van der Waals surface area contributed by atoms with Crippen LogP contribution in [-0.2, 0) is 21.4 Å². The maximum atomic E-state index is 14.8. The van der Waals surface area contributed by atoms with Gasteiger partial charge in [-0.05, 0) is 56.5 Å². The Kier molecular flexibility index (Phi) is 6.60. The molecular formula is C24H19F4N5O4S. The summed E-state index contributed by atoms with van der Waals surface area (Å²) < 4.78 is 84.6. The predicted molar refractivity (Wildman–Crippen MR) is 125 cm³/mol. The summed E-state index contributed by atoms with van der Waals surface area (Å²) >= 11 is 0. The van der Waals surface area contributed by atoms with Crippen molar-refractivity contribution in [2.75, 3.05) is 11.6 Å². The third-order valence-electron chi connectivity index (χ3n) is 5.99. The van der Waals surface area contributed by atoms with Gasteiger partial charge in [-0.25, -0.2) is 8.42 Å². The number of halogens is 4. The zero-order valence-electron chi connectivity index (χ0n) is 20.1. The number of benzene rings is 1. The Morgan fingerprint density at radius 1 is 1.16 bits per heavy atom. The summed E-state index contributed by atoms with van der Waals surface area (Å²) in [5.74, 6) is -3.18. The van der Waals surface area contributed by atoms with Crippen LogP contribution in [-0.4, -0.2) is 35.8 Å². The standard InChI is InChI=1S/C24H19F4N5O4S/c1-12-9-16(23(11-29)7-8-23)19(25)31-21(12)37-22-17(13(2)18(32-33-22)24(26,27)28)20(34)30-14-5-4-6-15(10-14)38(3,35)36/h4-6,9-10H,7-8H2,1-3H3,(H,30,34). The van der Waals surface area contributed by atoms with Gasteiger partial charge in [0, 0.05) is 23.1 Å². The van der Waals surface area contributed by atoms with Crippen LogP contribution < -0.4 is 10.1 Å². The molecule has 3 aromatic rings. The molecule has 38 heavy (non-hydrogen) atoms. The number of alkyl halides is 3. The Balaban J connectivity index is 1.77. The van der Waals surface area contributed by atoms with E-state index in [1.54, 1.807) is 0 Å². The fraction of sp³-hybridized carbons (Fsp3) is 0.292. The van der Waals surface area contributed by atoms with Gasteiger partial charge in [-0.15, -0.1) is 10.2 Å². The van der Waals surface area contributed by atoms with Crippen molar-refractivity contribution in [3.05, 3.63) is 64.2 Å². The van der Waals surface area contributed by atoms with E-state index >= 15 is 0 Å². The van der Waals surface area contributed by atoms with E-state index in [9.17, 15) is 36.0 Å². The highest BCUT2D eigenvalue weighted by molar-refractivity contribution is 7.90. The molecule has 1 amide bonds. The fourth-order valence-electron chi connectivity index (χ4n) is 3.78. The third-order valence-corrected chi connectivity index (χ3v) is 7.10. The zero-order chi connectivity index (χ0) is 28.0. The maximum Gasteiger partial charge on any atom is 0.435 e. The van der Waals surface area contributed by atoms with Crippen molar-refractivity contribution in [1.29, 1.82) is 5.26 Å². The van der Waals surface area contributed by atoms with Crippen LogP contribution in [0, 0.1) is 31.1 Å². The number of sulfone groups is 1. The number of hydrogen-bond acceptors (Lipinski definition) is 8. The first-order valence-electron chi connectivity index (χ1n) is 11.0. The Bertz CT molecular complexity index is 1610. The first-order chi connectivity index (χ1) is 17.7. The normalized spacial score (nSPS) is 14.5. The summed E-state index contributed by atoms with van der Waals surface area (Å²) in [6, 6.07) is 8.50. The number of aromatic nitrogens is 3. The van der Waals surface area contributed by atoms with Crippen LogP contribution in [0.4, 0.5) is 23.2 Å². The number of nitrogens with zero attached hydrogens (tertiary/aromatic N) is 4. The van der Waals surface area contributed by atoms with Crippen molar-refractivity contribution in [1.82, 2.24) is 15.2 Å². The Morgan fingerprint density at radius 2 is 1.84 bits per heavy atom. The second-order valence-electron chi connectivity index (χ2n) is 8.85. The third kappa shape index (κ3) is 5.14. The van der Waals surface area contributed by atoms with Gasteiger partial charge in [-0.2, -0.15) is 27.8 Å². The molecule has 0 atom stereocenters. The molecule has 1 aliphatic carbocycles. The van der Waals surface area contributed by atoms with Gasteiger partial charge in [0.25, 0.3) is 11.8 Å². The second kappa shape index (κ2) is 9.32. The number of hydrogen-bond donors (Lipinski definition) is 1. The smallest absolute Gasteiger partial charge is 0.418 e. The molecule has 1 N–H and O–H groups in total. The lowest BCUT2D eigenvalue weighted by atomic mass is 9.98.